The van der Waals surface area contributed by atoms with Gasteiger partial charge in [0.15, 0.2) is 0 Å². The van der Waals surface area contributed by atoms with Gasteiger partial charge in [0, 0.05) is 28.8 Å². The van der Waals surface area contributed by atoms with Crippen molar-refractivity contribution < 1.29 is 4.74 Å². The zero-order chi connectivity index (χ0) is 14.7. The van der Waals surface area contributed by atoms with Gasteiger partial charge >= 0.3 is 0 Å². The van der Waals surface area contributed by atoms with Crippen molar-refractivity contribution in [2.45, 2.75) is 40.8 Å². The molecule has 0 radical (unpaired) electrons. The standard InChI is InChI=1S/C17H25NOS/c1-11(2)8-18-9-16-15(10-19-5)14-7-12(3)6-13(4)17(14)20-16/h6-7,11,18H,8-10H2,1-5H3. The van der Waals surface area contributed by atoms with Gasteiger partial charge in [-0.3, -0.25) is 0 Å². The average molecular weight is 291 g/mol. The van der Waals surface area contributed by atoms with Crippen LogP contribution < -0.4 is 5.32 Å². The lowest BCUT2D eigenvalue weighted by molar-refractivity contribution is 0.185. The van der Waals surface area contributed by atoms with Gasteiger partial charge in [0.05, 0.1) is 6.61 Å². The lowest BCUT2D eigenvalue weighted by Crippen LogP contribution is -2.19. The number of methoxy groups -OCH3 is 1. The number of hydrogen-bond acceptors (Lipinski definition) is 3. The van der Waals surface area contributed by atoms with E-state index in [1.54, 1.807) is 7.11 Å². The predicted molar refractivity (Wildman–Crippen MR) is 88.6 cm³/mol. The lowest BCUT2D eigenvalue weighted by Gasteiger charge is -2.08. The van der Waals surface area contributed by atoms with Crippen LogP contribution in [0.2, 0.25) is 0 Å². The summed E-state index contributed by atoms with van der Waals surface area (Å²) in [5.74, 6) is 0.680. The topological polar surface area (TPSA) is 21.3 Å². The number of nitrogens with one attached hydrogen (secondary N) is 1. The smallest absolute Gasteiger partial charge is 0.0730 e. The summed E-state index contributed by atoms with van der Waals surface area (Å²) in [4.78, 5) is 1.41. The van der Waals surface area contributed by atoms with Gasteiger partial charge < -0.3 is 10.1 Å². The van der Waals surface area contributed by atoms with Crippen molar-refractivity contribution in [1.82, 2.24) is 5.32 Å². The van der Waals surface area contributed by atoms with E-state index >= 15 is 0 Å². The van der Waals surface area contributed by atoms with Gasteiger partial charge in [0.25, 0.3) is 0 Å². The molecule has 3 heteroatoms. The van der Waals surface area contributed by atoms with Crippen molar-refractivity contribution in [2.75, 3.05) is 13.7 Å². The lowest BCUT2D eigenvalue weighted by atomic mass is 10.1. The molecule has 2 rings (SSSR count). The largest absolute Gasteiger partial charge is 0.380 e. The number of ether oxygens (including phenoxy) is 1. The second-order valence-corrected chi connectivity index (χ2v) is 7.03. The van der Waals surface area contributed by atoms with Crippen LogP contribution in [-0.2, 0) is 17.9 Å². The first-order chi connectivity index (χ1) is 9.52. The Balaban J connectivity index is 2.37. The summed E-state index contributed by atoms with van der Waals surface area (Å²) in [6.07, 6.45) is 0. The highest BCUT2D eigenvalue weighted by atomic mass is 32.1. The minimum atomic E-state index is 0.680. The Bertz CT molecular complexity index is 586. The normalized spacial score (nSPS) is 11.7. The first-order valence-corrected chi connectivity index (χ1v) is 8.05. The van der Waals surface area contributed by atoms with Crippen molar-refractivity contribution in [3.8, 4) is 0 Å². The summed E-state index contributed by atoms with van der Waals surface area (Å²) in [7, 11) is 1.78. The molecular formula is C17H25NOS. The number of benzene rings is 1. The van der Waals surface area contributed by atoms with E-state index in [-0.39, 0.29) is 0 Å². The predicted octanol–water partition coefficient (Wildman–Crippen LogP) is 4.41. The van der Waals surface area contributed by atoms with Crippen LogP contribution in [0.15, 0.2) is 12.1 Å². The second kappa shape index (κ2) is 6.70. The average Bonchev–Trinajstić information content (AvgIpc) is 2.69. The zero-order valence-electron chi connectivity index (χ0n) is 13.2. The summed E-state index contributed by atoms with van der Waals surface area (Å²) in [6.45, 7) is 11.5. The van der Waals surface area contributed by atoms with Crippen molar-refractivity contribution in [1.29, 1.82) is 0 Å². The van der Waals surface area contributed by atoms with Crippen LogP contribution in [0.1, 0.15) is 35.4 Å². The van der Waals surface area contributed by atoms with E-state index in [9.17, 15) is 0 Å². The highest BCUT2D eigenvalue weighted by Crippen LogP contribution is 2.35. The zero-order valence-corrected chi connectivity index (χ0v) is 14.0. The van der Waals surface area contributed by atoms with Gasteiger partial charge in [0.2, 0.25) is 0 Å². The molecule has 0 amide bonds. The van der Waals surface area contributed by atoms with Crippen LogP contribution in [-0.4, -0.2) is 13.7 Å². The molecule has 0 aliphatic heterocycles. The van der Waals surface area contributed by atoms with Gasteiger partial charge in [-0.05, 0) is 37.3 Å². The molecule has 0 saturated heterocycles. The van der Waals surface area contributed by atoms with Crippen molar-refractivity contribution in [2.24, 2.45) is 5.92 Å². The van der Waals surface area contributed by atoms with Crippen molar-refractivity contribution in [3.05, 3.63) is 33.7 Å². The number of aryl methyl sites for hydroxylation is 2. The van der Waals surface area contributed by atoms with Crippen molar-refractivity contribution in [3.63, 3.8) is 0 Å². The third-order valence-corrected chi connectivity index (χ3v) is 4.82. The molecule has 2 aromatic rings. The van der Waals surface area contributed by atoms with Crippen LogP contribution in [0.4, 0.5) is 0 Å². The fourth-order valence-corrected chi connectivity index (χ4v) is 3.79. The molecule has 0 bridgehead atoms. The molecule has 0 spiro atoms. The maximum absolute atomic E-state index is 5.42. The van der Waals surface area contributed by atoms with Crippen LogP contribution in [0, 0.1) is 19.8 Å². The van der Waals surface area contributed by atoms with E-state index in [0.29, 0.717) is 12.5 Å². The summed E-state index contributed by atoms with van der Waals surface area (Å²) in [5.41, 5.74) is 4.06. The molecule has 0 aliphatic carbocycles. The number of hydrogen-bond donors (Lipinski definition) is 1. The number of fused-ring (bicyclic) bond motifs is 1. The Labute approximate surface area is 126 Å². The van der Waals surface area contributed by atoms with E-state index in [1.807, 2.05) is 11.3 Å². The molecule has 1 aromatic heterocycles. The van der Waals surface area contributed by atoms with Crippen LogP contribution >= 0.6 is 11.3 Å². The Kier molecular flexibility index (Phi) is 5.19. The van der Waals surface area contributed by atoms with Gasteiger partial charge in [0.1, 0.15) is 0 Å². The van der Waals surface area contributed by atoms with Crippen molar-refractivity contribution >= 4 is 21.4 Å². The Morgan fingerprint density at radius 2 is 2.00 bits per heavy atom. The molecule has 20 heavy (non-hydrogen) atoms. The minimum absolute atomic E-state index is 0.680. The third-order valence-electron chi connectivity index (χ3n) is 3.43. The van der Waals surface area contributed by atoms with E-state index in [0.717, 1.165) is 13.1 Å². The summed E-state index contributed by atoms with van der Waals surface area (Å²) in [6, 6.07) is 4.56. The van der Waals surface area contributed by atoms with Gasteiger partial charge in [-0.25, -0.2) is 0 Å². The minimum Gasteiger partial charge on any atom is -0.380 e. The second-order valence-electron chi connectivity index (χ2n) is 5.92. The van der Waals surface area contributed by atoms with Gasteiger partial charge in [-0.15, -0.1) is 11.3 Å². The number of rotatable bonds is 6. The van der Waals surface area contributed by atoms with E-state index in [2.05, 4.69) is 45.1 Å². The van der Waals surface area contributed by atoms with E-state index < -0.39 is 0 Å². The maximum Gasteiger partial charge on any atom is 0.0730 e. The molecule has 1 N–H and O–H groups in total. The first kappa shape index (κ1) is 15.5. The van der Waals surface area contributed by atoms with Gasteiger partial charge in [-0.1, -0.05) is 31.5 Å². The molecule has 0 unspecified atom stereocenters. The third kappa shape index (κ3) is 3.40. The summed E-state index contributed by atoms with van der Waals surface area (Å²) < 4.78 is 6.83. The quantitative estimate of drug-likeness (QED) is 0.851. The van der Waals surface area contributed by atoms with Crippen LogP contribution in [0.25, 0.3) is 10.1 Å². The molecule has 0 saturated carbocycles. The Morgan fingerprint density at radius 3 is 2.65 bits per heavy atom. The van der Waals surface area contributed by atoms with Gasteiger partial charge in [-0.2, -0.15) is 0 Å². The Hall–Kier alpha value is -0.900. The Morgan fingerprint density at radius 1 is 1.25 bits per heavy atom. The fraction of sp³-hybridized carbons (Fsp3) is 0.529. The first-order valence-electron chi connectivity index (χ1n) is 7.24. The molecule has 1 aromatic carbocycles. The van der Waals surface area contributed by atoms with E-state index in [4.69, 9.17) is 4.74 Å². The molecule has 0 fully saturated rings. The highest BCUT2D eigenvalue weighted by molar-refractivity contribution is 7.19. The highest BCUT2D eigenvalue weighted by Gasteiger charge is 2.14. The summed E-state index contributed by atoms with van der Waals surface area (Å²) in [5, 5.41) is 4.92. The molecule has 0 atom stereocenters. The molecule has 1 heterocycles. The fourth-order valence-electron chi connectivity index (χ4n) is 2.57. The van der Waals surface area contributed by atoms with E-state index in [1.165, 1.54) is 31.7 Å². The molecule has 0 aliphatic rings. The SMILES string of the molecule is COCc1c(CNCC(C)C)sc2c(C)cc(C)cc12. The van der Waals surface area contributed by atoms with Crippen LogP contribution in [0.3, 0.4) is 0 Å². The summed E-state index contributed by atoms with van der Waals surface area (Å²) >= 11 is 1.91. The molecule has 2 nitrogen and oxygen atoms in total. The molecule has 110 valence electrons. The monoisotopic (exact) mass is 291 g/mol. The number of thiophene rings is 1. The van der Waals surface area contributed by atoms with Crippen LogP contribution in [0.5, 0.6) is 0 Å². The molecular weight excluding hydrogens is 266 g/mol. The maximum atomic E-state index is 5.42.